The number of rotatable bonds is 6. The number of thiophene rings is 1. The number of nitrogens with one attached hydrogen (secondary N) is 1. The number of amides is 2. The van der Waals surface area contributed by atoms with Crippen molar-refractivity contribution in [1.29, 1.82) is 0 Å². The van der Waals surface area contributed by atoms with Crippen molar-refractivity contribution in [3.05, 3.63) is 57.7 Å². The lowest BCUT2D eigenvalue weighted by atomic mass is 9.69. The van der Waals surface area contributed by atoms with Gasteiger partial charge in [-0.3, -0.25) is 9.59 Å². The average Bonchev–Trinajstić information content (AvgIpc) is 3.04. The molecule has 1 aromatic heterocycles. The minimum Gasteiger partial charge on any atom is -0.365 e. The summed E-state index contributed by atoms with van der Waals surface area (Å²) in [5.74, 6) is -0.637. The smallest absolute Gasteiger partial charge is 0.251 e. The van der Waals surface area contributed by atoms with Gasteiger partial charge in [-0.05, 0) is 59.9 Å². The summed E-state index contributed by atoms with van der Waals surface area (Å²) in [7, 11) is 0. The first-order chi connectivity index (χ1) is 13.7. The molecule has 0 aliphatic heterocycles. The monoisotopic (exact) mass is 414 g/mol. The van der Waals surface area contributed by atoms with Gasteiger partial charge < -0.3 is 11.1 Å². The first-order valence-electron chi connectivity index (χ1n) is 9.90. The Hall–Kier alpha value is -2.47. The second-order valence-corrected chi connectivity index (χ2v) is 9.33. The van der Waals surface area contributed by atoms with Crippen molar-refractivity contribution in [3.8, 4) is 0 Å². The van der Waals surface area contributed by atoms with E-state index in [0.717, 1.165) is 36.1 Å². The van der Waals surface area contributed by atoms with Crippen molar-refractivity contribution < 1.29 is 14.0 Å². The minimum absolute atomic E-state index is 0.232. The van der Waals surface area contributed by atoms with Crippen molar-refractivity contribution in [1.82, 2.24) is 0 Å². The molecule has 29 heavy (non-hydrogen) atoms. The minimum atomic E-state index is -0.506. The van der Waals surface area contributed by atoms with Crippen LogP contribution in [0.1, 0.15) is 60.0 Å². The molecule has 0 saturated heterocycles. The van der Waals surface area contributed by atoms with Crippen LogP contribution in [0, 0.1) is 17.2 Å². The molecule has 154 valence electrons. The zero-order valence-corrected chi connectivity index (χ0v) is 17.9. The van der Waals surface area contributed by atoms with E-state index in [2.05, 4.69) is 26.1 Å². The van der Waals surface area contributed by atoms with Crippen LogP contribution in [0.5, 0.6) is 0 Å². The molecule has 2 aromatic rings. The van der Waals surface area contributed by atoms with E-state index in [-0.39, 0.29) is 17.1 Å². The number of benzene rings is 1. The standard InChI is InChI=1S/C23H27FN2O2S/c1-4-23(2,3)15-8-11-17-18(13-15)29-22(20(17)21(25)28)26-19(27)12-7-14-5-9-16(24)10-6-14/h5-7,9-10,12,15H,4,8,11,13H2,1-3H3,(H2,25,28)(H,26,27)/b12-7-/t15-/m1/s1. The Morgan fingerprint density at radius 1 is 1.31 bits per heavy atom. The number of hydrogen-bond donors (Lipinski definition) is 2. The van der Waals surface area contributed by atoms with Crippen LogP contribution in [0.25, 0.3) is 6.08 Å². The highest BCUT2D eigenvalue weighted by Gasteiger charge is 2.34. The van der Waals surface area contributed by atoms with Gasteiger partial charge in [0, 0.05) is 11.0 Å². The van der Waals surface area contributed by atoms with Crippen molar-refractivity contribution >= 4 is 34.2 Å². The molecule has 1 aliphatic carbocycles. The predicted octanol–water partition coefficient (Wildman–Crippen LogP) is 5.18. The molecule has 4 nitrogen and oxygen atoms in total. The normalized spacial score (nSPS) is 16.6. The van der Waals surface area contributed by atoms with Crippen LogP contribution < -0.4 is 11.1 Å². The molecule has 0 fully saturated rings. The maximum Gasteiger partial charge on any atom is 0.251 e. The third kappa shape index (κ3) is 4.75. The van der Waals surface area contributed by atoms with E-state index in [4.69, 9.17) is 5.73 Å². The molecule has 0 radical (unpaired) electrons. The molecule has 0 saturated carbocycles. The van der Waals surface area contributed by atoms with E-state index in [1.165, 1.54) is 29.5 Å². The summed E-state index contributed by atoms with van der Waals surface area (Å²) in [5, 5.41) is 3.34. The zero-order chi connectivity index (χ0) is 21.2. The molecule has 0 unspecified atom stereocenters. The Balaban J connectivity index is 1.80. The Bertz CT molecular complexity index is 945. The van der Waals surface area contributed by atoms with E-state index in [0.29, 0.717) is 22.0 Å². The van der Waals surface area contributed by atoms with Crippen molar-refractivity contribution in [3.63, 3.8) is 0 Å². The maximum absolute atomic E-state index is 13.0. The lowest BCUT2D eigenvalue weighted by Crippen LogP contribution is -2.29. The topological polar surface area (TPSA) is 72.2 Å². The fraction of sp³-hybridized carbons (Fsp3) is 0.391. The quantitative estimate of drug-likeness (QED) is 0.639. The summed E-state index contributed by atoms with van der Waals surface area (Å²) in [5.41, 5.74) is 8.03. The number of nitrogens with two attached hydrogens (primary N) is 1. The molecule has 6 heteroatoms. The van der Waals surface area contributed by atoms with Crippen LogP contribution in [0.3, 0.4) is 0 Å². The number of hydrogen-bond acceptors (Lipinski definition) is 3. The molecule has 1 aliphatic rings. The van der Waals surface area contributed by atoms with E-state index >= 15 is 0 Å². The Kier molecular flexibility index (Phi) is 6.22. The molecule has 0 bridgehead atoms. The third-order valence-electron chi connectivity index (χ3n) is 6.06. The highest BCUT2D eigenvalue weighted by atomic mass is 32.1. The Morgan fingerprint density at radius 3 is 2.62 bits per heavy atom. The fourth-order valence-electron chi connectivity index (χ4n) is 3.79. The molecular formula is C23H27FN2O2S. The molecule has 3 rings (SSSR count). The van der Waals surface area contributed by atoms with Gasteiger partial charge in [0.15, 0.2) is 0 Å². The van der Waals surface area contributed by atoms with Crippen LogP contribution in [0.4, 0.5) is 9.39 Å². The van der Waals surface area contributed by atoms with Crippen LogP contribution >= 0.6 is 11.3 Å². The van der Waals surface area contributed by atoms with Gasteiger partial charge in [-0.15, -0.1) is 11.3 Å². The van der Waals surface area contributed by atoms with Gasteiger partial charge in [-0.2, -0.15) is 0 Å². The van der Waals surface area contributed by atoms with Crippen molar-refractivity contribution in [2.24, 2.45) is 17.1 Å². The molecule has 3 N–H and O–H groups in total. The lowest BCUT2D eigenvalue weighted by molar-refractivity contribution is -0.111. The first-order valence-corrected chi connectivity index (χ1v) is 10.7. The molecular weight excluding hydrogens is 387 g/mol. The lowest BCUT2D eigenvalue weighted by Gasteiger charge is -2.36. The summed E-state index contributed by atoms with van der Waals surface area (Å²) >= 11 is 1.46. The van der Waals surface area contributed by atoms with Crippen LogP contribution in [0.15, 0.2) is 30.3 Å². The number of anilines is 1. The molecule has 1 heterocycles. The van der Waals surface area contributed by atoms with Gasteiger partial charge in [-0.25, -0.2) is 4.39 Å². The Morgan fingerprint density at radius 2 is 2.00 bits per heavy atom. The van der Waals surface area contributed by atoms with Gasteiger partial charge in [-0.1, -0.05) is 39.3 Å². The van der Waals surface area contributed by atoms with E-state index in [1.807, 2.05) is 0 Å². The molecule has 1 aromatic carbocycles. The fourth-order valence-corrected chi connectivity index (χ4v) is 5.13. The van der Waals surface area contributed by atoms with Crippen LogP contribution in [-0.2, 0) is 17.6 Å². The Labute approximate surface area is 175 Å². The first kappa shape index (κ1) is 21.2. The number of carbonyl (C=O) groups excluding carboxylic acids is 2. The van der Waals surface area contributed by atoms with E-state index in [1.54, 1.807) is 18.2 Å². The average molecular weight is 415 g/mol. The van der Waals surface area contributed by atoms with Crippen LogP contribution in [0.2, 0.25) is 0 Å². The summed E-state index contributed by atoms with van der Waals surface area (Å²) in [6.07, 6.45) is 6.80. The van der Waals surface area contributed by atoms with Gasteiger partial charge in [0.1, 0.15) is 10.8 Å². The number of primary amides is 1. The van der Waals surface area contributed by atoms with Gasteiger partial charge in [0.2, 0.25) is 5.91 Å². The van der Waals surface area contributed by atoms with E-state index in [9.17, 15) is 14.0 Å². The van der Waals surface area contributed by atoms with Crippen molar-refractivity contribution in [2.45, 2.75) is 46.5 Å². The van der Waals surface area contributed by atoms with Gasteiger partial charge in [0.25, 0.3) is 5.91 Å². The largest absolute Gasteiger partial charge is 0.365 e. The number of fused-ring (bicyclic) bond motifs is 1. The van der Waals surface area contributed by atoms with Gasteiger partial charge in [0.05, 0.1) is 5.56 Å². The highest BCUT2D eigenvalue weighted by Crippen LogP contribution is 2.45. The summed E-state index contributed by atoms with van der Waals surface area (Å²) < 4.78 is 13.0. The number of halogens is 1. The van der Waals surface area contributed by atoms with Crippen molar-refractivity contribution in [2.75, 3.05) is 5.32 Å². The predicted molar refractivity (Wildman–Crippen MR) is 116 cm³/mol. The second kappa shape index (κ2) is 8.49. The van der Waals surface area contributed by atoms with Gasteiger partial charge >= 0.3 is 0 Å². The summed E-state index contributed by atoms with van der Waals surface area (Å²) in [4.78, 5) is 25.6. The molecule has 1 atom stereocenters. The summed E-state index contributed by atoms with van der Waals surface area (Å²) in [6, 6.07) is 5.86. The van der Waals surface area contributed by atoms with Crippen LogP contribution in [-0.4, -0.2) is 11.8 Å². The van der Waals surface area contributed by atoms with E-state index < -0.39 is 5.91 Å². The zero-order valence-electron chi connectivity index (χ0n) is 17.0. The second-order valence-electron chi connectivity index (χ2n) is 8.23. The number of carbonyl (C=O) groups is 2. The SMILES string of the molecule is CCC(C)(C)[C@@H]1CCc2c(sc(NC(=O)/C=C\c3ccc(F)cc3)c2C(N)=O)C1. The molecule has 0 spiro atoms. The summed E-state index contributed by atoms with van der Waals surface area (Å²) in [6.45, 7) is 6.78. The highest BCUT2D eigenvalue weighted by molar-refractivity contribution is 7.17. The molecule has 2 amide bonds. The maximum atomic E-state index is 13.0. The third-order valence-corrected chi connectivity index (χ3v) is 7.23.